The summed E-state index contributed by atoms with van der Waals surface area (Å²) in [5, 5.41) is 15.1. The van der Waals surface area contributed by atoms with Crippen LogP contribution in [0.15, 0.2) is 83.4 Å². The number of halogens is 1. The van der Waals surface area contributed by atoms with Gasteiger partial charge in [0.15, 0.2) is 5.11 Å². The molecule has 2 aromatic carbocycles. The Morgan fingerprint density at radius 1 is 1.06 bits per heavy atom. The number of furan rings is 1. The first kappa shape index (κ1) is 20.5. The largest absolute Gasteiger partial charge is 0.506 e. The zero-order valence-corrected chi connectivity index (χ0v) is 18.8. The zero-order chi connectivity index (χ0) is 22.2. The topological polar surface area (TPSA) is 61.5 Å². The van der Waals surface area contributed by atoms with Crippen LogP contribution in [0.5, 0.6) is 5.75 Å². The van der Waals surface area contributed by atoms with Gasteiger partial charge in [0.1, 0.15) is 23.3 Å². The molecule has 0 spiro atoms. The van der Waals surface area contributed by atoms with Gasteiger partial charge in [0.05, 0.1) is 17.4 Å². The summed E-state index contributed by atoms with van der Waals surface area (Å²) in [7, 11) is 0. The van der Waals surface area contributed by atoms with Gasteiger partial charge in [-0.15, -0.1) is 0 Å². The maximum atomic E-state index is 10.6. The molecule has 160 valence electrons. The molecule has 4 aromatic rings. The quantitative estimate of drug-likeness (QED) is 0.353. The van der Waals surface area contributed by atoms with E-state index in [1.807, 2.05) is 72.5 Å². The van der Waals surface area contributed by atoms with E-state index in [1.165, 1.54) is 0 Å². The first-order chi connectivity index (χ1) is 15.5. The Bertz CT molecular complexity index is 1290. The molecule has 3 heterocycles. The lowest BCUT2D eigenvalue weighted by Gasteiger charge is -2.26. The van der Waals surface area contributed by atoms with Crippen molar-refractivity contribution in [2.24, 2.45) is 0 Å². The number of phenols is 1. The highest BCUT2D eigenvalue weighted by molar-refractivity contribution is 7.80. The number of para-hydroxylation sites is 2. The van der Waals surface area contributed by atoms with Gasteiger partial charge in [-0.1, -0.05) is 35.9 Å². The fourth-order valence-electron chi connectivity index (χ4n) is 4.09. The van der Waals surface area contributed by atoms with Crippen LogP contribution in [0.3, 0.4) is 0 Å². The molecule has 2 unspecified atom stereocenters. The van der Waals surface area contributed by atoms with Crippen molar-refractivity contribution in [3.63, 3.8) is 0 Å². The van der Waals surface area contributed by atoms with E-state index in [2.05, 4.69) is 10.3 Å². The van der Waals surface area contributed by atoms with Crippen LogP contribution in [0.25, 0.3) is 11.3 Å². The molecule has 1 saturated heterocycles. The fourth-order valence-corrected chi connectivity index (χ4v) is 4.60. The lowest BCUT2D eigenvalue weighted by Crippen LogP contribution is -2.29. The number of benzene rings is 2. The molecule has 2 atom stereocenters. The summed E-state index contributed by atoms with van der Waals surface area (Å²) in [6.07, 6.45) is 1.75. The van der Waals surface area contributed by atoms with E-state index in [4.69, 9.17) is 28.2 Å². The first-order valence-corrected chi connectivity index (χ1v) is 11.0. The summed E-state index contributed by atoms with van der Waals surface area (Å²) in [6, 6.07) is 21.9. The van der Waals surface area contributed by atoms with Gasteiger partial charge < -0.3 is 19.7 Å². The molecule has 2 N–H and O–H groups in total. The van der Waals surface area contributed by atoms with Gasteiger partial charge in [-0.05, 0) is 73.2 Å². The van der Waals surface area contributed by atoms with Crippen molar-refractivity contribution in [3.05, 3.63) is 101 Å². The third-order valence-electron chi connectivity index (χ3n) is 5.62. The molecule has 0 amide bonds. The summed E-state index contributed by atoms with van der Waals surface area (Å²) in [4.78, 5) is 6.43. The smallest absolute Gasteiger partial charge is 0.174 e. The molecule has 1 aliphatic rings. The number of rotatable bonds is 4. The monoisotopic (exact) mass is 461 g/mol. The number of hydrogen-bond acceptors (Lipinski definition) is 4. The van der Waals surface area contributed by atoms with E-state index in [0.29, 0.717) is 21.6 Å². The first-order valence-electron chi connectivity index (χ1n) is 10.2. The third-order valence-corrected chi connectivity index (χ3v) is 6.17. The number of hydrogen-bond donors (Lipinski definition) is 2. The van der Waals surface area contributed by atoms with Crippen molar-refractivity contribution in [2.75, 3.05) is 4.90 Å². The van der Waals surface area contributed by atoms with E-state index in [0.717, 1.165) is 22.6 Å². The minimum absolute atomic E-state index is 0.140. The molecule has 1 fully saturated rings. The number of pyridine rings is 1. The SMILES string of the molecule is Cc1ccc(Cl)cc1-c1ccc(C2C(c3ccccn3)NC(=S)N2c2ccccc2O)o1. The molecule has 7 heteroatoms. The lowest BCUT2D eigenvalue weighted by molar-refractivity contribution is 0.434. The minimum Gasteiger partial charge on any atom is -0.506 e. The third kappa shape index (κ3) is 3.61. The van der Waals surface area contributed by atoms with Crippen LogP contribution >= 0.6 is 23.8 Å². The van der Waals surface area contributed by atoms with Crippen LogP contribution in [0, 0.1) is 6.92 Å². The van der Waals surface area contributed by atoms with Crippen LogP contribution in [-0.2, 0) is 0 Å². The average Bonchev–Trinajstić information content (AvgIpc) is 3.41. The number of thiocarbonyl (C=S) groups is 1. The Hall–Kier alpha value is -3.35. The van der Waals surface area contributed by atoms with E-state index in [9.17, 15) is 5.11 Å². The number of aromatic nitrogens is 1. The predicted octanol–water partition coefficient (Wildman–Crippen LogP) is 6.19. The summed E-state index contributed by atoms with van der Waals surface area (Å²) >= 11 is 11.9. The second-order valence-corrected chi connectivity index (χ2v) is 8.47. The number of anilines is 1. The molecule has 0 radical (unpaired) electrons. The van der Waals surface area contributed by atoms with Crippen LogP contribution < -0.4 is 10.2 Å². The van der Waals surface area contributed by atoms with Crippen LogP contribution in [0.2, 0.25) is 5.02 Å². The Labute approximate surface area is 196 Å². The van der Waals surface area contributed by atoms with Crippen molar-refractivity contribution < 1.29 is 9.52 Å². The van der Waals surface area contributed by atoms with Crippen molar-refractivity contribution in [2.45, 2.75) is 19.0 Å². The standard InChI is InChI=1S/C25H20ClN3O2S/c1-15-9-10-16(26)14-17(15)21-11-12-22(31-21)24-23(18-6-4-5-13-27-18)28-25(32)29(24)19-7-2-3-8-20(19)30/h2-14,23-24,30H,1H3,(H,28,32). The normalized spacial score (nSPS) is 18.1. The second-order valence-electron chi connectivity index (χ2n) is 7.65. The Morgan fingerprint density at radius 3 is 2.66 bits per heavy atom. The summed E-state index contributed by atoms with van der Waals surface area (Å²) in [6.45, 7) is 2.02. The maximum absolute atomic E-state index is 10.6. The van der Waals surface area contributed by atoms with E-state index in [-0.39, 0.29) is 17.8 Å². The number of nitrogens with one attached hydrogen (secondary N) is 1. The van der Waals surface area contributed by atoms with Gasteiger partial charge in [-0.2, -0.15) is 0 Å². The Kier molecular flexibility index (Phi) is 5.33. The van der Waals surface area contributed by atoms with Crippen molar-refractivity contribution in [1.29, 1.82) is 0 Å². The molecule has 32 heavy (non-hydrogen) atoms. The number of nitrogens with zero attached hydrogens (tertiary/aromatic N) is 2. The maximum Gasteiger partial charge on any atom is 0.174 e. The fraction of sp³-hybridized carbons (Fsp3) is 0.120. The van der Waals surface area contributed by atoms with Gasteiger partial charge in [0.2, 0.25) is 0 Å². The van der Waals surface area contributed by atoms with E-state index in [1.54, 1.807) is 18.3 Å². The molecule has 5 nitrogen and oxygen atoms in total. The van der Waals surface area contributed by atoms with Crippen molar-refractivity contribution in [1.82, 2.24) is 10.3 Å². The summed E-state index contributed by atoms with van der Waals surface area (Å²) in [5.74, 6) is 1.56. The van der Waals surface area contributed by atoms with Gasteiger partial charge in [0.25, 0.3) is 0 Å². The average molecular weight is 462 g/mol. The van der Waals surface area contributed by atoms with Gasteiger partial charge in [0, 0.05) is 16.8 Å². The molecule has 1 aliphatic heterocycles. The molecule has 5 rings (SSSR count). The van der Waals surface area contributed by atoms with E-state index >= 15 is 0 Å². The van der Waals surface area contributed by atoms with Crippen LogP contribution in [0.4, 0.5) is 5.69 Å². The zero-order valence-electron chi connectivity index (χ0n) is 17.2. The summed E-state index contributed by atoms with van der Waals surface area (Å²) < 4.78 is 6.37. The summed E-state index contributed by atoms with van der Waals surface area (Å²) in [5.41, 5.74) is 3.43. The predicted molar refractivity (Wildman–Crippen MR) is 130 cm³/mol. The second kappa shape index (κ2) is 8.30. The van der Waals surface area contributed by atoms with Crippen molar-refractivity contribution in [3.8, 4) is 17.1 Å². The van der Waals surface area contributed by atoms with Crippen LogP contribution in [0.1, 0.15) is 29.1 Å². The van der Waals surface area contributed by atoms with Gasteiger partial charge in [-0.25, -0.2) is 0 Å². The van der Waals surface area contributed by atoms with Gasteiger partial charge >= 0.3 is 0 Å². The highest BCUT2D eigenvalue weighted by Crippen LogP contribution is 2.45. The molecular weight excluding hydrogens is 442 g/mol. The molecule has 0 aliphatic carbocycles. The number of aryl methyl sites for hydroxylation is 1. The molecule has 0 bridgehead atoms. The van der Waals surface area contributed by atoms with Gasteiger partial charge in [-0.3, -0.25) is 4.98 Å². The Balaban J connectivity index is 1.63. The highest BCUT2D eigenvalue weighted by atomic mass is 35.5. The van der Waals surface area contributed by atoms with E-state index < -0.39 is 0 Å². The molecule has 2 aromatic heterocycles. The van der Waals surface area contributed by atoms with Crippen LogP contribution in [-0.4, -0.2) is 15.2 Å². The van der Waals surface area contributed by atoms with Crippen molar-refractivity contribution >= 4 is 34.6 Å². The molecule has 0 saturated carbocycles. The minimum atomic E-state index is -0.348. The number of phenolic OH excluding ortho intramolecular Hbond substituents is 1. The molecular formula is C25H20ClN3O2S. The number of aromatic hydroxyl groups is 1. The Morgan fingerprint density at radius 2 is 1.88 bits per heavy atom. The lowest BCUT2D eigenvalue weighted by atomic mass is 10.0. The highest BCUT2D eigenvalue weighted by Gasteiger charge is 2.43.